The van der Waals surface area contributed by atoms with Crippen LogP contribution in [0.4, 0.5) is 11.9 Å². The largest absolute Gasteiger partial charge is 0.464 e. The van der Waals surface area contributed by atoms with Gasteiger partial charge in [0.2, 0.25) is 17.8 Å². The zero-order valence-electron chi connectivity index (χ0n) is 13.2. The third-order valence-corrected chi connectivity index (χ3v) is 2.39. The zero-order chi connectivity index (χ0) is 15.8. The van der Waals surface area contributed by atoms with Gasteiger partial charge in [0.25, 0.3) is 0 Å². The average molecular weight is 296 g/mol. The third-order valence-electron chi connectivity index (χ3n) is 2.39. The minimum Gasteiger partial charge on any atom is -0.464 e. The molecule has 0 aliphatic heterocycles. The molecule has 8 heteroatoms. The van der Waals surface area contributed by atoms with Crippen molar-refractivity contribution >= 4 is 17.8 Å². The van der Waals surface area contributed by atoms with Crippen molar-refractivity contribution in [2.75, 3.05) is 23.8 Å². The Hall–Kier alpha value is -2.12. The van der Waals surface area contributed by atoms with Gasteiger partial charge in [0.15, 0.2) is 0 Å². The minimum absolute atomic E-state index is 0.0800. The van der Waals surface area contributed by atoms with Crippen LogP contribution in [0.2, 0.25) is 0 Å². The van der Waals surface area contributed by atoms with E-state index in [-0.39, 0.29) is 18.0 Å². The molecule has 21 heavy (non-hydrogen) atoms. The number of hydrogen-bond acceptors (Lipinski definition) is 7. The summed E-state index contributed by atoms with van der Waals surface area (Å²) in [6.07, 6.45) is 0. The minimum atomic E-state index is -0.459. The first-order valence-corrected chi connectivity index (χ1v) is 7.15. The van der Waals surface area contributed by atoms with Crippen LogP contribution in [0.3, 0.4) is 0 Å². The Morgan fingerprint density at radius 2 is 1.81 bits per heavy atom. The fourth-order valence-electron chi connectivity index (χ4n) is 1.52. The molecule has 1 unspecified atom stereocenters. The molecule has 1 amide bonds. The average Bonchev–Trinajstić information content (AvgIpc) is 2.38. The number of nitrogens with zero attached hydrogens (tertiary/aromatic N) is 3. The van der Waals surface area contributed by atoms with Gasteiger partial charge in [0, 0.05) is 12.6 Å². The Morgan fingerprint density at radius 3 is 2.38 bits per heavy atom. The van der Waals surface area contributed by atoms with Crippen LogP contribution >= 0.6 is 0 Å². The van der Waals surface area contributed by atoms with Crippen LogP contribution in [0.5, 0.6) is 6.01 Å². The monoisotopic (exact) mass is 296 g/mol. The number of carbonyl (C=O) groups excluding carboxylic acids is 1. The van der Waals surface area contributed by atoms with Crippen LogP contribution in [0.25, 0.3) is 0 Å². The highest BCUT2D eigenvalue weighted by molar-refractivity contribution is 5.83. The summed E-state index contributed by atoms with van der Waals surface area (Å²) in [4.78, 5) is 24.3. The molecule has 0 saturated carbocycles. The standard InChI is InChI=1S/C13H24N6O2/c1-6-14-11-17-12(19-13(18-11)21-7-2)16-9(5)10(20)15-8(3)4/h8-9H,6-7H2,1-5H3,(H,15,20)(H2,14,16,17,18,19). The van der Waals surface area contributed by atoms with Crippen LogP contribution < -0.4 is 20.7 Å². The van der Waals surface area contributed by atoms with E-state index in [2.05, 4.69) is 30.9 Å². The second kappa shape index (κ2) is 8.23. The molecular weight excluding hydrogens is 272 g/mol. The van der Waals surface area contributed by atoms with E-state index in [1.54, 1.807) is 6.92 Å². The van der Waals surface area contributed by atoms with Crippen LogP contribution in [0, 0.1) is 0 Å². The lowest BCUT2D eigenvalue weighted by atomic mass is 10.3. The van der Waals surface area contributed by atoms with Crippen molar-refractivity contribution in [3.8, 4) is 6.01 Å². The smallest absolute Gasteiger partial charge is 0.323 e. The molecule has 0 fully saturated rings. The number of hydrogen-bond donors (Lipinski definition) is 3. The number of ether oxygens (including phenoxy) is 1. The quantitative estimate of drug-likeness (QED) is 0.658. The SMILES string of the molecule is CCNc1nc(NC(C)C(=O)NC(C)C)nc(OCC)n1. The van der Waals surface area contributed by atoms with Crippen molar-refractivity contribution in [3.63, 3.8) is 0 Å². The van der Waals surface area contributed by atoms with E-state index in [4.69, 9.17) is 4.74 Å². The summed E-state index contributed by atoms with van der Waals surface area (Å²) >= 11 is 0. The van der Waals surface area contributed by atoms with Crippen LogP contribution in [-0.4, -0.2) is 46.1 Å². The number of nitrogens with one attached hydrogen (secondary N) is 3. The Kier molecular flexibility index (Phi) is 6.64. The molecule has 0 saturated heterocycles. The number of rotatable bonds is 8. The van der Waals surface area contributed by atoms with Gasteiger partial charge in [0.05, 0.1) is 6.61 Å². The predicted molar refractivity (Wildman–Crippen MR) is 81.5 cm³/mol. The summed E-state index contributed by atoms with van der Waals surface area (Å²) in [6.45, 7) is 10.5. The maximum Gasteiger partial charge on any atom is 0.323 e. The molecule has 0 radical (unpaired) electrons. The highest BCUT2D eigenvalue weighted by atomic mass is 16.5. The molecule has 8 nitrogen and oxygen atoms in total. The van der Waals surface area contributed by atoms with Gasteiger partial charge in [-0.05, 0) is 34.6 Å². The summed E-state index contributed by atoms with van der Waals surface area (Å²) in [5.41, 5.74) is 0. The first-order chi connectivity index (χ1) is 9.96. The van der Waals surface area contributed by atoms with Gasteiger partial charge in [-0.1, -0.05) is 0 Å². The first kappa shape index (κ1) is 16.9. The topological polar surface area (TPSA) is 101 Å². The van der Waals surface area contributed by atoms with Gasteiger partial charge in [0.1, 0.15) is 6.04 Å². The van der Waals surface area contributed by atoms with E-state index in [0.717, 1.165) is 0 Å². The fourth-order valence-corrected chi connectivity index (χ4v) is 1.52. The van der Waals surface area contributed by atoms with E-state index in [0.29, 0.717) is 25.0 Å². The molecule has 0 aliphatic rings. The molecule has 1 heterocycles. The number of anilines is 2. The van der Waals surface area contributed by atoms with E-state index in [1.165, 1.54) is 0 Å². The fraction of sp³-hybridized carbons (Fsp3) is 0.692. The van der Waals surface area contributed by atoms with Crippen molar-refractivity contribution in [1.82, 2.24) is 20.3 Å². The van der Waals surface area contributed by atoms with Crippen molar-refractivity contribution in [3.05, 3.63) is 0 Å². The second-order valence-electron chi connectivity index (χ2n) is 4.76. The van der Waals surface area contributed by atoms with Crippen LogP contribution in [-0.2, 0) is 4.79 Å². The molecule has 1 atom stereocenters. The lowest BCUT2D eigenvalue weighted by molar-refractivity contribution is -0.122. The van der Waals surface area contributed by atoms with Crippen LogP contribution in [0.15, 0.2) is 0 Å². The van der Waals surface area contributed by atoms with Gasteiger partial charge in [-0.2, -0.15) is 15.0 Å². The number of aromatic nitrogens is 3. The van der Waals surface area contributed by atoms with Gasteiger partial charge >= 0.3 is 6.01 Å². The molecular formula is C13H24N6O2. The van der Waals surface area contributed by atoms with Gasteiger partial charge in [-0.15, -0.1) is 0 Å². The Morgan fingerprint density at radius 1 is 1.14 bits per heavy atom. The van der Waals surface area contributed by atoms with Crippen molar-refractivity contribution in [2.24, 2.45) is 0 Å². The van der Waals surface area contributed by atoms with Gasteiger partial charge in [-0.3, -0.25) is 4.79 Å². The highest BCUT2D eigenvalue weighted by Gasteiger charge is 2.16. The summed E-state index contributed by atoms with van der Waals surface area (Å²) in [5, 5.41) is 8.77. The van der Waals surface area contributed by atoms with E-state index >= 15 is 0 Å². The lowest BCUT2D eigenvalue weighted by Crippen LogP contribution is -2.41. The highest BCUT2D eigenvalue weighted by Crippen LogP contribution is 2.12. The third kappa shape index (κ3) is 5.80. The summed E-state index contributed by atoms with van der Waals surface area (Å²) in [6, 6.07) is -0.155. The summed E-state index contributed by atoms with van der Waals surface area (Å²) in [7, 11) is 0. The molecule has 0 spiro atoms. The zero-order valence-corrected chi connectivity index (χ0v) is 13.2. The van der Waals surface area contributed by atoms with Gasteiger partial charge in [-0.25, -0.2) is 0 Å². The molecule has 1 rings (SSSR count). The molecule has 118 valence electrons. The van der Waals surface area contributed by atoms with E-state index in [9.17, 15) is 4.79 Å². The molecule has 1 aromatic rings. The summed E-state index contributed by atoms with van der Waals surface area (Å²) in [5.74, 6) is 0.596. The number of carbonyl (C=O) groups is 1. The second-order valence-corrected chi connectivity index (χ2v) is 4.76. The normalized spacial score (nSPS) is 11.9. The Balaban J connectivity index is 2.82. The molecule has 0 aromatic carbocycles. The molecule has 0 bridgehead atoms. The lowest BCUT2D eigenvalue weighted by Gasteiger charge is -2.16. The predicted octanol–water partition coefficient (Wildman–Crippen LogP) is 1.03. The summed E-state index contributed by atoms with van der Waals surface area (Å²) < 4.78 is 5.30. The number of amides is 1. The maximum atomic E-state index is 11.9. The van der Waals surface area contributed by atoms with Crippen molar-refractivity contribution < 1.29 is 9.53 Å². The van der Waals surface area contributed by atoms with E-state index < -0.39 is 6.04 Å². The van der Waals surface area contributed by atoms with Crippen molar-refractivity contribution in [1.29, 1.82) is 0 Å². The van der Waals surface area contributed by atoms with Crippen molar-refractivity contribution in [2.45, 2.75) is 46.7 Å². The molecule has 0 aliphatic carbocycles. The van der Waals surface area contributed by atoms with Crippen LogP contribution in [0.1, 0.15) is 34.6 Å². The maximum absolute atomic E-state index is 11.9. The Labute approximate surface area is 125 Å². The first-order valence-electron chi connectivity index (χ1n) is 7.15. The molecule has 3 N–H and O–H groups in total. The van der Waals surface area contributed by atoms with E-state index in [1.807, 2.05) is 27.7 Å². The molecule has 1 aromatic heterocycles. The Bertz CT molecular complexity index is 442. The van der Waals surface area contributed by atoms with Gasteiger partial charge < -0.3 is 20.7 Å².